The van der Waals surface area contributed by atoms with Gasteiger partial charge in [-0.1, -0.05) is 0 Å². The van der Waals surface area contributed by atoms with Gasteiger partial charge in [-0.15, -0.1) is 0 Å². The molecule has 1 aliphatic carbocycles. The van der Waals surface area contributed by atoms with Crippen LogP contribution in [0.5, 0.6) is 0 Å². The highest BCUT2D eigenvalue weighted by molar-refractivity contribution is 4.93. The molecule has 1 saturated carbocycles. The highest BCUT2D eigenvalue weighted by atomic mass is 16.5. The van der Waals surface area contributed by atoms with Crippen LogP contribution in [0.25, 0.3) is 0 Å². The van der Waals surface area contributed by atoms with Crippen LogP contribution in [0.4, 0.5) is 0 Å². The molecule has 2 saturated heterocycles. The Balaban J connectivity index is 1.53. The standard InChI is InChI=1S/C11H20N2O/c12-9-2-1-8(3-9)5-13-6-11-4-10(13)7-14-11/h8-11H,1-7,12H2. The Morgan fingerprint density at radius 3 is 2.79 bits per heavy atom. The molecule has 2 aliphatic heterocycles. The molecule has 14 heavy (non-hydrogen) atoms. The maximum Gasteiger partial charge on any atom is 0.0718 e. The first-order valence-corrected chi connectivity index (χ1v) is 5.92. The van der Waals surface area contributed by atoms with Crippen molar-refractivity contribution in [2.45, 2.75) is 43.9 Å². The summed E-state index contributed by atoms with van der Waals surface area (Å²) < 4.78 is 5.60. The minimum absolute atomic E-state index is 0.482. The molecule has 2 N–H and O–H groups in total. The molecule has 0 amide bonds. The number of nitrogens with two attached hydrogens (primary N) is 1. The molecule has 2 heterocycles. The molecule has 3 nitrogen and oxygen atoms in total. The van der Waals surface area contributed by atoms with Crippen LogP contribution >= 0.6 is 0 Å². The highest BCUT2D eigenvalue weighted by Crippen LogP contribution is 2.32. The number of hydrogen-bond acceptors (Lipinski definition) is 3. The molecule has 4 atom stereocenters. The Bertz CT molecular complexity index is 221. The summed E-state index contributed by atoms with van der Waals surface area (Å²) in [5.74, 6) is 0.865. The quantitative estimate of drug-likeness (QED) is 0.702. The number of ether oxygens (including phenoxy) is 1. The summed E-state index contributed by atoms with van der Waals surface area (Å²) in [7, 11) is 0. The van der Waals surface area contributed by atoms with Crippen molar-refractivity contribution in [3.63, 3.8) is 0 Å². The van der Waals surface area contributed by atoms with Gasteiger partial charge in [-0.2, -0.15) is 0 Å². The second kappa shape index (κ2) is 3.47. The van der Waals surface area contributed by atoms with Crippen molar-refractivity contribution in [3.05, 3.63) is 0 Å². The normalized spacial score (nSPS) is 47.8. The molecular weight excluding hydrogens is 176 g/mol. The summed E-state index contributed by atoms with van der Waals surface area (Å²) in [6, 6.07) is 1.22. The first-order valence-electron chi connectivity index (χ1n) is 5.92. The summed E-state index contributed by atoms with van der Waals surface area (Å²) >= 11 is 0. The highest BCUT2D eigenvalue weighted by Gasteiger charge is 2.40. The third-order valence-corrected chi connectivity index (χ3v) is 4.09. The Morgan fingerprint density at radius 1 is 1.29 bits per heavy atom. The zero-order chi connectivity index (χ0) is 9.54. The third kappa shape index (κ3) is 1.58. The number of fused-ring (bicyclic) bond motifs is 2. The van der Waals surface area contributed by atoms with E-state index in [1.807, 2.05) is 0 Å². The molecule has 3 heteroatoms. The Morgan fingerprint density at radius 2 is 2.21 bits per heavy atom. The molecule has 4 unspecified atom stereocenters. The van der Waals surface area contributed by atoms with Gasteiger partial charge in [0.1, 0.15) is 0 Å². The minimum Gasteiger partial charge on any atom is -0.375 e. The van der Waals surface area contributed by atoms with Gasteiger partial charge in [-0.3, -0.25) is 4.90 Å². The Labute approximate surface area is 85.6 Å². The smallest absolute Gasteiger partial charge is 0.0718 e. The van der Waals surface area contributed by atoms with E-state index in [1.54, 1.807) is 0 Å². The van der Waals surface area contributed by atoms with E-state index in [4.69, 9.17) is 10.5 Å². The lowest BCUT2D eigenvalue weighted by atomic mass is 10.1. The number of likely N-dealkylation sites (tertiary alicyclic amines) is 1. The molecule has 0 aromatic carbocycles. The van der Waals surface area contributed by atoms with E-state index in [9.17, 15) is 0 Å². The first kappa shape index (κ1) is 9.13. The van der Waals surface area contributed by atoms with Crippen LogP contribution in [-0.2, 0) is 4.74 Å². The van der Waals surface area contributed by atoms with Crippen molar-refractivity contribution in [2.24, 2.45) is 11.7 Å². The summed E-state index contributed by atoms with van der Waals surface area (Å²) in [5, 5.41) is 0. The van der Waals surface area contributed by atoms with Gasteiger partial charge in [0.2, 0.25) is 0 Å². The van der Waals surface area contributed by atoms with Gasteiger partial charge < -0.3 is 10.5 Å². The SMILES string of the molecule is NC1CCC(CN2CC3CC2CO3)C1. The van der Waals surface area contributed by atoms with Crippen molar-refractivity contribution >= 4 is 0 Å². The lowest BCUT2D eigenvalue weighted by Gasteiger charge is -2.29. The van der Waals surface area contributed by atoms with E-state index in [2.05, 4.69) is 4.90 Å². The Kier molecular flexibility index (Phi) is 2.26. The van der Waals surface area contributed by atoms with Gasteiger partial charge >= 0.3 is 0 Å². The van der Waals surface area contributed by atoms with Gasteiger partial charge in [0.25, 0.3) is 0 Å². The van der Waals surface area contributed by atoms with Crippen molar-refractivity contribution < 1.29 is 4.74 Å². The van der Waals surface area contributed by atoms with E-state index in [0.717, 1.165) is 18.6 Å². The van der Waals surface area contributed by atoms with Gasteiger partial charge in [0, 0.05) is 25.2 Å². The molecule has 3 fully saturated rings. The maximum atomic E-state index is 5.93. The lowest BCUT2D eigenvalue weighted by molar-refractivity contribution is 0.0246. The van der Waals surface area contributed by atoms with Gasteiger partial charge in [-0.25, -0.2) is 0 Å². The predicted molar refractivity (Wildman–Crippen MR) is 55.0 cm³/mol. The summed E-state index contributed by atoms with van der Waals surface area (Å²) in [5.41, 5.74) is 5.93. The van der Waals surface area contributed by atoms with Crippen LogP contribution in [0, 0.1) is 5.92 Å². The number of hydrogen-bond donors (Lipinski definition) is 1. The van der Waals surface area contributed by atoms with Crippen LogP contribution in [0.2, 0.25) is 0 Å². The van der Waals surface area contributed by atoms with Crippen LogP contribution in [0.15, 0.2) is 0 Å². The topological polar surface area (TPSA) is 38.5 Å². The number of rotatable bonds is 2. The lowest BCUT2D eigenvalue weighted by Crippen LogP contribution is -2.39. The molecule has 2 bridgehead atoms. The molecular formula is C11H20N2O. The molecule has 3 rings (SSSR count). The molecule has 80 valence electrons. The summed E-state index contributed by atoms with van der Waals surface area (Å²) in [4.78, 5) is 2.64. The average molecular weight is 196 g/mol. The molecule has 0 aromatic rings. The zero-order valence-corrected chi connectivity index (χ0v) is 8.69. The van der Waals surface area contributed by atoms with Crippen LogP contribution in [-0.4, -0.2) is 42.8 Å². The van der Waals surface area contributed by atoms with Gasteiger partial charge in [0.15, 0.2) is 0 Å². The first-order chi connectivity index (χ1) is 6.81. The monoisotopic (exact) mass is 196 g/mol. The maximum absolute atomic E-state index is 5.93. The molecule has 0 radical (unpaired) electrons. The van der Waals surface area contributed by atoms with Crippen molar-refractivity contribution in [1.82, 2.24) is 4.90 Å². The van der Waals surface area contributed by atoms with Crippen LogP contribution in [0.3, 0.4) is 0 Å². The fraction of sp³-hybridized carbons (Fsp3) is 1.00. The van der Waals surface area contributed by atoms with Crippen LogP contribution < -0.4 is 5.73 Å². The van der Waals surface area contributed by atoms with Gasteiger partial charge in [-0.05, 0) is 31.6 Å². The third-order valence-electron chi connectivity index (χ3n) is 4.09. The van der Waals surface area contributed by atoms with Crippen molar-refractivity contribution in [2.75, 3.05) is 19.7 Å². The second-order valence-electron chi connectivity index (χ2n) is 5.24. The number of nitrogens with zero attached hydrogens (tertiary/aromatic N) is 1. The zero-order valence-electron chi connectivity index (χ0n) is 8.69. The minimum atomic E-state index is 0.482. The van der Waals surface area contributed by atoms with E-state index >= 15 is 0 Å². The molecule has 3 aliphatic rings. The van der Waals surface area contributed by atoms with Crippen LogP contribution in [0.1, 0.15) is 25.7 Å². The summed E-state index contributed by atoms with van der Waals surface area (Å²) in [6.45, 7) is 3.43. The predicted octanol–water partition coefficient (Wildman–Crippen LogP) is 0.587. The van der Waals surface area contributed by atoms with E-state index in [-0.39, 0.29) is 0 Å². The van der Waals surface area contributed by atoms with Crippen molar-refractivity contribution in [1.29, 1.82) is 0 Å². The van der Waals surface area contributed by atoms with Gasteiger partial charge in [0.05, 0.1) is 12.7 Å². The second-order valence-corrected chi connectivity index (χ2v) is 5.24. The van der Waals surface area contributed by atoms with Crippen molar-refractivity contribution in [3.8, 4) is 0 Å². The Hall–Kier alpha value is -0.120. The van der Waals surface area contributed by atoms with E-state index in [1.165, 1.54) is 38.8 Å². The fourth-order valence-corrected chi connectivity index (χ4v) is 3.31. The number of morpholine rings is 1. The van der Waals surface area contributed by atoms with E-state index in [0.29, 0.717) is 12.1 Å². The largest absolute Gasteiger partial charge is 0.375 e. The fourth-order valence-electron chi connectivity index (χ4n) is 3.31. The molecule has 0 spiro atoms. The average Bonchev–Trinajstić information content (AvgIpc) is 2.82. The summed E-state index contributed by atoms with van der Waals surface area (Å²) in [6.07, 6.45) is 5.65. The van der Waals surface area contributed by atoms with E-state index < -0.39 is 0 Å². The molecule has 0 aromatic heterocycles.